The molecule has 57 heavy (non-hydrogen) atoms. The Morgan fingerprint density at radius 2 is 0.912 bits per heavy atom. The Morgan fingerprint density at radius 3 is 1.23 bits per heavy atom. The van der Waals surface area contributed by atoms with Gasteiger partial charge in [-0.05, 0) is 101 Å². The average molecular weight is 900 g/mol. The summed E-state index contributed by atoms with van der Waals surface area (Å²) in [6.45, 7) is 3.14. The second-order valence-corrected chi connectivity index (χ2v) is 16.0. The maximum Gasteiger partial charge on any atom is 3.00 e. The molecule has 0 fully saturated rings. The van der Waals surface area contributed by atoms with Crippen LogP contribution in [0, 0.1) is 13.8 Å². The van der Waals surface area contributed by atoms with E-state index < -0.39 is 43.3 Å². The zero-order valence-electron chi connectivity index (χ0n) is 30.8. The molecule has 0 aliphatic rings. The van der Waals surface area contributed by atoms with Crippen LogP contribution in [0.25, 0.3) is 11.4 Å². The molecule has 0 spiro atoms. The number of hydrogen-bond acceptors (Lipinski definition) is 14. The third-order valence-corrected chi connectivity index (χ3v) is 11.0. The van der Waals surface area contributed by atoms with Crippen molar-refractivity contribution in [2.45, 2.75) is 23.6 Å². The minimum Gasteiger partial charge on any atom is -0.871 e. The quantitative estimate of drug-likeness (QED) is 0.179. The largest absolute Gasteiger partial charge is 3.00 e. The van der Waals surface area contributed by atoms with Gasteiger partial charge in [0.15, 0.2) is 0 Å². The van der Waals surface area contributed by atoms with E-state index in [2.05, 4.69) is 40.1 Å². The van der Waals surface area contributed by atoms with E-state index in [0.29, 0.717) is 32.8 Å². The van der Waals surface area contributed by atoms with Gasteiger partial charge in [-0.25, -0.2) is 35.6 Å². The van der Waals surface area contributed by atoms with E-state index in [4.69, 9.17) is 23.2 Å². The van der Waals surface area contributed by atoms with Crippen LogP contribution in [0.4, 0.5) is 22.7 Å². The summed E-state index contributed by atoms with van der Waals surface area (Å²) >= 11 is 11.7. The van der Waals surface area contributed by atoms with Gasteiger partial charge in [0.05, 0.1) is 43.9 Å². The number of halogens is 2. The van der Waals surface area contributed by atoms with Crippen LogP contribution >= 0.6 is 23.2 Å². The summed E-state index contributed by atoms with van der Waals surface area (Å²) in [7, 11) is -5.00. The van der Waals surface area contributed by atoms with Gasteiger partial charge in [0, 0.05) is 21.8 Å². The number of hydrogen-bond donors (Lipinski definition) is 2. The van der Waals surface area contributed by atoms with Crippen molar-refractivity contribution in [3.63, 3.8) is 0 Å². The summed E-state index contributed by atoms with van der Waals surface area (Å²) in [5.74, 6) is -2.13. The topological polar surface area (TPSA) is 270 Å². The molecule has 298 valence electrons. The maximum atomic E-state index is 12.6. The van der Waals surface area contributed by atoms with Crippen LogP contribution in [0.2, 0.25) is 10.0 Å². The fourth-order valence-corrected chi connectivity index (χ4v) is 6.42. The van der Waals surface area contributed by atoms with Gasteiger partial charge in [-0.2, -0.15) is 20.4 Å². The normalized spacial score (nSPS) is 11.8. The molecule has 0 unspecified atom stereocenters. The first-order valence-corrected chi connectivity index (χ1v) is 19.6. The molecule has 6 aromatic rings. The molecule has 0 amide bonds. The minimum absolute atomic E-state index is 0. The summed E-state index contributed by atoms with van der Waals surface area (Å²) < 4.78 is 54.1. The molecule has 4 aromatic carbocycles. The van der Waals surface area contributed by atoms with Crippen molar-refractivity contribution in [2.75, 3.05) is 14.1 Å². The van der Waals surface area contributed by atoms with E-state index in [9.17, 15) is 37.3 Å². The van der Waals surface area contributed by atoms with Gasteiger partial charge in [-0.1, -0.05) is 46.8 Å². The van der Waals surface area contributed by atoms with Crippen molar-refractivity contribution in [1.29, 1.82) is 0 Å². The Hall–Kier alpha value is -5.39. The van der Waals surface area contributed by atoms with Crippen LogP contribution in [-0.4, -0.2) is 50.5 Å². The number of aromatic nitrogens is 4. The second kappa shape index (κ2) is 18.2. The summed E-state index contributed by atoms with van der Waals surface area (Å²) in [5.41, 5.74) is 1.04. The number of nitrogens with zero attached hydrogens (tertiary/aromatic N) is 8. The smallest absolute Gasteiger partial charge is 0.871 e. The molecule has 18 nitrogen and oxygen atoms in total. The van der Waals surface area contributed by atoms with Crippen molar-refractivity contribution in [3.8, 4) is 34.6 Å². The van der Waals surface area contributed by atoms with E-state index in [1.54, 1.807) is 62.4 Å². The Bertz CT molecular complexity index is 2510. The molecule has 0 saturated carbocycles. The van der Waals surface area contributed by atoms with Gasteiger partial charge in [0.1, 0.15) is 11.4 Å². The fourth-order valence-electron chi connectivity index (χ4n) is 4.67. The van der Waals surface area contributed by atoms with Gasteiger partial charge in [0.2, 0.25) is 20.0 Å². The van der Waals surface area contributed by atoms with E-state index in [-0.39, 0.29) is 50.7 Å². The minimum atomic E-state index is -3.75. The summed E-state index contributed by atoms with van der Waals surface area (Å²) in [6, 6.07) is 19.6. The van der Waals surface area contributed by atoms with E-state index in [1.165, 1.54) is 14.1 Å². The van der Waals surface area contributed by atoms with Crippen LogP contribution in [0.5, 0.6) is 23.3 Å². The SMILES string of the molecule is CNS(=O)(=O)c1ccc([O-])c(N=Nc2c(C)nn(-c3ccc(Cl)cc3)c2[O-])c1.CNS(=O)(=O)c1ccc([O-])c(N=Nc2c(C)nn(-c3ccc(Cl)cc3)c2[O-])c1.[Co+3].[H+]. The zero-order chi connectivity index (χ0) is 40.9. The van der Waals surface area contributed by atoms with Crippen LogP contribution in [0.1, 0.15) is 12.8 Å². The fraction of sp³-hybridized carbons (Fsp3) is 0.118. The molecular formula is C34H29Cl2CoN10O8S2. The Morgan fingerprint density at radius 1 is 0.579 bits per heavy atom. The molecule has 23 heteroatoms. The van der Waals surface area contributed by atoms with E-state index in [1.807, 2.05) is 0 Å². The van der Waals surface area contributed by atoms with Gasteiger partial charge < -0.3 is 20.4 Å². The number of benzene rings is 4. The van der Waals surface area contributed by atoms with Crippen LogP contribution in [-0.2, 0) is 36.8 Å². The molecule has 6 rings (SSSR count). The summed E-state index contributed by atoms with van der Waals surface area (Å²) in [5, 5.41) is 73.6. The first-order chi connectivity index (χ1) is 26.4. The van der Waals surface area contributed by atoms with E-state index in [0.717, 1.165) is 45.8 Å². The predicted octanol–water partition coefficient (Wildman–Crippen LogP) is 4.72. The number of nitrogens with one attached hydrogen (secondary N) is 2. The Balaban J connectivity index is 0.000000300. The molecular weight excluding hydrogens is 870 g/mol. The standard InChI is InChI=1S/2C17H16ClN5O4S.Co/c2*1-10-16(17(25)23(22-10)12-5-3-11(18)4-6-12)21-20-14-9-13(7-8-15(14)24)28(26,27)19-2;/h2*3-9,19,24-25H,1-2H3;/q;;+3/p-3. The number of rotatable bonds is 10. The molecule has 0 atom stereocenters. The Kier molecular flexibility index (Phi) is 14.2. The maximum absolute atomic E-state index is 12.6. The molecule has 0 aliphatic heterocycles. The van der Waals surface area contributed by atoms with Gasteiger partial charge >= 0.3 is 18.2 Å². The van der Waals surface area contributed by atoms with Crippen LogP contribution in [0.15, 0.2) is 115 Å². The molecule has 2 heterocycles. The first kappa shape index (κ1) is 44.3. The van der Waals surface area contributed by atoms with Crippen molar-refractivity contribution in [3.05, 3.63) is 106 Å². The number of azo groups is 2. The van der Waals surface area contributed by atoms with Crippen molar-refractivity contribution < 1.29 is 55.5 Å². The molecule has 2 aromatic heterocycles. The monoisotopic (exact) mass is 898 g/mol. The van der Waals surface area contributed by atoms with Crippen LogP contribution < -0.4 is 29.9 Å². The molecule has 0 radical (unpaired) electrons. The Labute approximate surface area is 348 Å². The molecule has 0 saturated heterocycles. The third kappa shape index (κ3) is 10.1. The molecule has 2 N–H and O–H groups in total. The summed E-state index contributed by atoms with van der Waals surface area (Å²) in [4.78, 5) is -0.279. The third-order valence-electron chi connectivity index (χ3n) is 7.65. The van der Waals surface area contributed by atoms with Crippen molar-refractivity contribution in [2.24, 2.45) is 20.5 Å². The number of aryl methyl sites for hydroxylation is 2. The first-order valence-electron chi connectivity index (χ1n) is 15.8. The summed E-state index contributed by atoms with van der Waals surface area (Å²) in [6.07, 6.45) is 0. The van der Waals surface area contributed by atoms with Gasteiger partial charge in [-0.3, -0.25) is 0 Å². The van der Waals surface area contributed by atoms with Gasteiger partial charge in [0.25, 0.3) is 0 Å². The molecule has 0 bridgehead atoms. The van der Waals surface area contributed by atoms with Gasteiger partial charge in [-0.15, -0.1) is 10.2 Å². The second-order valence-electron chi connectivity index (χ2n) is 11.3. The van der Waals surface area contributed by atoms with Crippen LogP contribution in [0.3, 0.4) is 0 Å². The molecule has 0 aliphatic carbocycles. The zero-order valence-corrected chi connectivity index (χ0v) is 34.0. The van der Waals surface area contributed by atoms with Crippen molar-refractivity contribution >= 4 is 66.0 Å². The predicted molar refractivity (Wildman–Crippen MR) is 199 cm³/mol. The van der Waals surface area contributed by atoms with Crippen molar-refractivity contribution in [1.82, 2.24) is 29.0 Å². The van der Waals surface area contributed by atoms with E-state index >= 15 is 0 Å². The average Bonchev–Trinajstić information content (AvgIpc) is 3.62. The number of sulfonamides is 2.